The van der Waals surface area contributed by atoms with Gasteiger partial charge >= 0.3 is 0 Å². The molecule has 0 saturated carbocycles. The number of aliphatic hydroxyl groups excluding tert-OH is 2. The summed E-state index contributed by atoms with van der Waals surface area (Å²) in [6.45, 7) is 7.50. The fourth-order valence-electron chi connectivity index (χ4n) is 3.99. The quantitative estimate of drug-likeness (QED) is 0.455. The Labute approximate surface area is 172 Å². The minimum absolute atomic E-state index is 0.345. The van der Waals surface area contributed by atoms with Crippen LogP contribution >= 0.6 is 0 Å². The predicted octanol–water partition coefficient (Wildman–Crippen LogP) is 4.62. The maximum atomic E-state index is 9.20. The number of aryl methyl sites for hydroxylation is 3. The average molecular weight is 392 g/mol. The third-order valence-corrected chi connectivity index (χ3v) is 5.57. The van der Waals surface area contributed by atoms with E-state index in [9.17, 15) is 5.11 Å². The first-order valence-electron chi connectivity index (χ1n) is 9.67. The van der Waals surface area contributed by atoms with Gasteiger partial charge in [-0.05, 0) is 67.1 Å². The molecule has 3 aromatic carbocycles. The maximum absolute atomic E-state index is 9.20. The van der Waals surface area contributed by atoms with Crippen LogP contribution in [0.3, 0.4) is 0 Å². The van der Waals surface area contributed by atoms with E-state index in [0.717, 1.165) is 33.6 Å². The molecule has 1 unspecified atom stereocenters. The molecule has 0 amide bonds. The largest absolute Gasteiger partial charge is 0.467 e. The van der Waals surface area contributed by atoms with E-state index in [2.05, 4.69) is 37.3 Å². The van der Waals surface area contributed by atoms with Gasteiger partial charge in [-0.1, -0.05) is 54.6 Å². The van der Waals surface area contributed by atoms with Gasteiger partial charge in [0.1, 0.15) is 11.5 Å². The molecule has 0 saturated heterocycles. The Morgan fingerprint density at radius 2 is 1.28 bits per heavy atom. The number of hydrogen-bond acceptors (Lipinski definition) is 4. The van der Waals surface area contributed by atoms with Gasteiger partial charge in [-0.25, -0.2) is 0 Å². The molecular weight excluding hydrogens is 364 g/mol. The lowest BCUT2D eigenvalue weighted by molar-refractivity contribution is 0.0970. The van der Waals surface area contributed by atoms with Crippen LogP contribution < -0.4 is 9.47 Å². The summed E-state index contributed by atoms with van der Waals surface area (Å²) in [5.41, 5.74) is 5.95. The summed E-state index contributed by atoms with van der Waals surface area (Å²) in [6, 6.07) is 20.7. The Balaban J connectivity index is 2.22. The Kier molecular flexibility index (Phi) is 6.26. The fourth-order valence-corrected chi connectivity index (χ4v) is 3.99. The molecule has 1 atom stereocenters. The molecule has 0 aliphatic rings. The van der Waals surface area contributed by atoms with Crippen LogP contribution in [0.5, 0.6) is 11.5 Å². The molecule has 4 nitrogen and oxygen atoms in total. The topological polar surface area (TPSA) is 58.9 Å². The number of aliphatic hydroxyl groups is 2. The van der Waals surface area contributed by atoms with E-state index in [1.165, 1.54) is 5.56 Å². The molecular formula is C25H28O4. The van der Waals surface area contributed by atoms with Crippen LogP contribution in [0.4, 0.5) is 0 Å². The summed E-state index contributed by atoms with van der Waals surface area (Å²) in [5.74, 6) is 1.39. The molecule has 3 aromatic rings. The smallest absolute Gasteiger partial charge is 0.186 e. The first kappa shape index (κ1) is 20.9. The summed E-state index contributed by atoms with van der Waals surface area (Å²) >= 11 is 0. The molecule has 4 heteroatoms. The second-order valence-corrected chi connectivity index (χ2v) is 7.46. The van der Waals surface area contributed by atoms with Crippen molar-refractivity contribution >= 4 is 0 Å². The van der Waals surface area contributed by atoms with Crippen LogP contribution in [0, 0.1) is 20.8 Å². The van der Waals surface area contributed by atoms with Crippen molar-refractivity contribution in [2.45, 2.75) is 33.1 Å². The first-order valence-corrected chi connectivity index (χ1v) is 9.67. The van der Waals surface area contributed by atoms with Gasteiger partial charge in [0.2, 0.25) is 0 Å². The second-order valence-electron chi connectivity index (χ2n) is 7.46. The van der Waals surface area contributed by atoms with Crippen molar-refractivity contribution in [3.05, 3.63) is 94.0 Å². The zero-order chi connectivity index (χ0) is 21.0. The molecule has 0 aliphatic carbocycles. The SMILES string of the molecule is Cc1cc(C(C)(c2ccccc2)c2cc(C)c(OCO)c(C)c2)ccc1OCO. The van der Waals surface area contributed by atoms with E-state index in [0.29, 0.717) is 5.75 Å². The Morgan fingerprint density at radius 1 is 0.690 bits per heavy atom. The highest BCUT2D eigenvalue weighted by Gasteiger charge is 2.32. The lowest BCUT2D eigenvalue weighted by atomic mass is 9.70. The van der Waals surface area contributed by atoms with Gasteiger partial charge in [0.15, 0.2) is 13.6 Å². The molecule has 0 bridgehead atoms. The standard InChI is InChI=1S/C25H28O4/c1-17-12-21(10-11-23(17)28-15-26)25(4,20-8-6-5-7-9-20)22-13-18(2)24(29-16-27)19(3)14-22/h5-14,26-27H,15-16H2,1-4H3. The number of rotatable bonds is 7. The monoisotopic (exact) mass is 392 g/mol. The van der Waals surface area contributed by atoms with Gasteiger partial charge in [0, 0.05) is 5.41 Å². The average Bonchev–Trinajstić information content (AvgIpc) is 2.72. The van der Waals surface area contributed by atoms with Crippen molar-refractivity contribution in [3.63, 3.8) is 0 Å². The molecule has 152 valence electrons. The molecule has 0 aliphatic heterocycles. The molecule has 0 fully saturated rings. The third-order valence-electron chi connectivity index (χ3n) is 5.57. The Hall–Kier alpha value is -2.82. The number of hydrogen-bond donors (Lipinski definition) is 2. The zero-order valence-electron chi connectivity index (χ0n) is 17.4. The normalized spacial score (nSPS) is 13.0. The van der Waals surface area contributed by atoms with Crippen LogP contribution in [0.2, 0.25) is 0 Å². The maximum Gasteiger partial charge on any atom is 0.186 e. The molecule has 0 aromatic heterocycles. The third kappa shape index (κ3) is 4.00. The summed E-state index contributed by atoms with van der Waals surface area (Å²) in [7, 11) is 0. The lowest BCUT2D eigenvalue weighted by Crippen LogP contribution is -2.26. The molecule has 0 radical (unpaired) electrons. The summed E-state index contributed by atoms with van der Waals surface area (Å²) in [6.07, 6.45) is 0. The zero-order valence-corrected chi connectivity index (χ0v) is 17.4. The van der Waals surface area contributed by atoms with E-state index < -0.39 is 5.41 Å². The van der Waals surface area contributed by atoms with Crippen LogP contribution in [0.25, 0.3) is 0 Å². The van der Waals surface area contributed by atoms with Gasteiger partial charge in [-0.3, -0.25) is 0 Å². The Bertz CT molecular complexity index is 958. The van der Waals surface area contributed by atoms with Crippen LogP contribution in [0.1, 0.15) is 40.3 Å². The molecule has 2 N–H and O–H groups in total. The van der Waals surface area contributed by atoms with E-state index in [1.807, 2.05) is 51.1 Å². The van der Waals surface area contributed by atoms with Crippen LogP contribution in [-0.2, 0) is 5.41 Å². The summed E-state index contributed by atoms with van der Waals surface area (Å²) < 4.78 is 10.7. The second kappa shape index (κ2) is 8.68. The van der Waals surface area contributed by atoms with Gasteiger partial charge in [-0.15, -0.1) is 0 Å². The van der Waals surface area contributed by atoms with Crippen molar-refractivity contribution in [1.29, 1.82) is 0 Å². The molecule has 3 rings (SSSR count). The summed E-state index contributed by atoms with van der Waals surface area (Å²) in [5, 5.41) is 18.3. The highest BCUT2D eigenvalue weighted by Crippen LogP contribution is 2.42. The van der Waals surface area contributed by atoms with Gasteiger partial charge in [-0.2, -0.15) is 0 Å². The van der Waals surface area contributed by atoms with E-state index in [-0.39, 0.29) is 13.6 Å². The molecule has 0 heterocycles. The highest BCUT2D eigenvalue weighted by atomic mass is 16.6. The van der Waals surface area contributed by atoms with Gasteiger partial charge in [0.05, 0.1) is 0 Å². The van der Waals surface area contributed by atoms with Crippen molar-refractivity contribution in [3.8, 4) is 11.5 Å². The van der Waals surface area contributed by atoms with E-state index in [1.54, 1.807) is 0 Å². The number of benzene rings is 3. The predicted molar refractivity (Wildman–Crippen MR) is 115 cm³/mol. The van der Waals surface area contributed by atoms with Crippen molar-refractivity contribution in [2.24, 2.45) is 0 Å². The fraction of sp³-hybridized carbons (Fsp3) is 0.280. The minimum atomic E-state index is -0.406. The summed E-state index contributed by atoms with van der Waals surface area (Å²) in [4.78, 5) is 0. The molecule has 0 spiro atoms. The van der Waals surface area contributed by atoms with Gasteiger partial charge < -0.3 is 19.7 Å². The molecule has 29 heavy (non-hydrogen) atoms. The minimum Gasteiger partial charge on any atom is -0.467 e. The highest BCUT2D eigenvalue weighted by molar-refractivity contribution is 5.55. The number of ether oxygens (including phenoxy) is 2. The van der Waals surface area contributed by atoms with Gasteiger partial charge in [0.25, 0.3) is 0 Å². The van der Waals surface area contributed by atoms with Crippen LogP contribution in [0.15, 0.2) is 60.7 Å². The van der Waals surface area contributed by atoms with E-state index >= 15 is 0 Å². The van der Waals surface area contributed by atoms with Crippen molar-refractivity contribution < 1.29 is 19.7 Å². The van der Waals surface area contributed by atoms with Crippen molar-refractivity contribution in [1.82, 2.24) is 0 Å². The Morgan fingerprint density at radius 3 is 1.83 bits per heavy atom. The van der Waals surface area contributed by atoms with Crippen LogP contribution in [-0.4, -0.2) is 23.8 Å². The lowest BCUT2D eigenvalue weighted by Gasteiger charge is -2.33. The van der Waals surface area contributed by atoms with Crippen molar-refractivity contribution in [2.75, 3.05) is 13.6 Å². The first-order chi connectivity index (χ1) is 13.9. The van der Waals surface area contributed by atoms with E-state index in [4.69, 9.17) is 14.6 Å².